The summed E-state index contributed by atoms with van der Waals surface area (Å²) in [4.78, 5) is 11.9. The second-order valence-electron chi connectivity index (χ2n) is 6.11. The molecule has 28 heavy (non-hydrogen) atoms. The van der Waals surface area contributed by atoms with Gasteiger partial charge in [-0.05, 0) is 54.8 Å². The molecule has 1 heterocycles. The third kappa shape index (κ3) is 6.55. The van der Waals surface area contributed by atoms with E-state index < -0.39 is 0 Å². The topological polar surface area (TPSA) is 76.1 Å². The molecule has 6 nitrogen and oxygen atoms in total. The van der Waals surface area contributed by atoms with E-state index in [-0.39, 0.29) is 12.5 Å². The zero-order valence-electron chi connectivity index (χ0n) is 15.3. The molecule has 2 N–H and O–H groups in total. The number of carbonyl (C=O) groups is 1. The van der Waals surface area contributed by atoms with Gasteiger partial charge in [-0.15, -0.1) is 10.2 Å². The van der Waals surface area contributed by atoms with Gasteiger partial charge in [-0.3, -0.25) is 4.79 Å². The lowest BCUT2D eigenvalue weighted by Gasteiger charge is -2.08. The van der Waals surface area contributed by atoms with Crippen LogP contribution >= 0.6 is 11.6 Å². The Kier molecular flexibility index (Phi) is 7.21. The van der Waals surface area contributed by atoms with Gasteiger partial charge in [0.2, 0.25) is 0 Å². The van der Waals surface area contributed by atoms with Crippen molar-refractivity contribution in [1.82, 2.24) is 10.2 Å². The lowest BCUT2D eigenvalue weighted by molar-refractivity contribution is -0.118. The van der Waals surface area contributed by atoms with Crippen LogP contribution in [0.15, 0.2) is 66.7 Å². The van der Waals surface area contributed by atoms with Gasteiger partial charge in [-0.2, -0.15) is 0 Å². The summed E-state index contributed by atoms with van der Waals surface area (Å²) >= 11 is 5.81. The summed E-state index contributed by atoms with van der Waals surface area (Å²) in [6, 6.07) is 20.6. The zero-order valence-corrected chi connectivity index (χ0v) is 16.0. The van der Waals surface area contributed by atoms with Crippen LogP contribution in [0.1, 0.15) is 12.0 Å². The molecular formula is C21H21ClN4O2. The van der Waals surface area contributed by atoms with Crippen molar-refractivity contribution in [2.75, 3.05) is 23.8 Å². The van der Waals surface area contributed by atoms with E-state index in [1.807, 2.05) is 18.2 Å². The Bertz CT molecular complexity index is 871. The Labute approximate surface area is 168 Å². The van der Waals surface area contributed by atoms with Gasteiger partial charge in [0.15, 0.2) is 12.4 Å². The number of nitrogens with zero attached hydrogens (tertiary/aromatic N) is 2. The van der Waals surface area contributed by atoms with Crippen LogP contribution in [0.5, 0.6) is 5.75 Å². The number of aromatic nitrogens is 2. The molecule has 1 aromatic heterocycles. The third-order valence-electron chi connectivity index (χ3n) is 3.91. The molecule has 0 aliphatic heterocycles. The van der Waals surface area contributed by atoms with Crippen molar-refractivity contribution in [3.63, 3.8) is 0 Å². The van der Waals surface area contributed by atoms with Gasteiger partial charge in [0, 0.05) is 11.6 Å². The van der Waals surface area contributed by atoms with Crippen molar-refractivity contribution in [2.45, 2.75) is 12.8 Å². The van der Waals surface area contributed by atoms with Crippen LogP contribution in [-0.2, 0) is 11.2 Å². The molecule has 0 aliphatic carbocycles. The fourth-order valence-electron chi connectivity index (χ4n) is 2.51. The van der Waals surface area contributed by atoms with Crippen molar-refractivity contribution in [3.05, 3.63) is 77.3 Å². The van der Waals surface area contributed by atoms with E-state index in [1.165, 1.54) is 5.56 Å². The molecule has 0 radical (unpaired) electrons. The third-order valence-corrected chi connectivity index (χ3v) is 4.16. The number of hydrogen-bond acceptors (Lipinski definition) is 5. The second kappa shape index (κ2) is 10.3. The second-order valence-corrected chi connectivity index (χ2v) is 6.55. The number of nitrogens with one attached hydrogen (secondary N) is 2. The highest BCUT2D eigenvalue weighted by molar-refractivity contribution is 6.30. The standard InChI is InChI=1S/C21H21ClN4O2/c22-17-8-10-18(11-9-17)28-15-21(27)24-20-13-12-19(25-26-20)23-14-4-7-16-5-2-1-3-6-16/h1-3,5-6,8-13H,4,7,14-15H2,(H,23,25)(H,24,26,27). The van der Waals surface area contributed by atoms with Gasteiger partial charge < -0.3 is 15.4 Å². The molecule has 0 spiro atoms. The first-order valence-corrected chi connectivity index (χ1v) is 9.36. The van der Waals surface area contributed by atoms with Gasteiger partial charge >= 0.3 is 0 Å². The van der Waals surface area contributed by atoms with Crippen LogP contribution in [0.3, 0.4) is 0 Å². The summed E-state index contributed by atoms with van der Waals surface area (Å²) in [6.07, 6.45) is 2.00. The Morgan fingerprint density at radius 2 is 1.64 bits per heavy atom. The van der Waals surface area contributed by atoms with E-state index in [9.17, 15) is 4.79 Å². The number of ether oxygens (including phenoxy) is 1. The number of hydrogen-bond donors (Lipinski definition) is 2. The predicted molar refractivity (Wildman–Crippen MR) is 111 cm³/mol. The zero-order chi connectivity index (χ0) is 19.6. The number of rotatable bonds is 9. The highest BCUT2D eigenvalue weighted by Crippen LogP contribution is 2.15. The average molecular weight is 397 g/mol. The smallest absolute Gasteiger partial charge is 0.263 e. The maximum absolute atomic E-state index is 11.9. The van der Waals surface area contributed by atoms with Crippen molar-refractivity contribution in [2.24, 2.45) is 0 Å². The lowest BCUT2D eigenvalue weighted by Crippen LogP contribution is -2.21. The van der Waals surface area contributed by atoms with Crippen molar-refractivity contribution in [3.8, 4) is 5.75 Å². The fraction of sp³-hybridized carbons (Fsp3) is 0.190. The van der Waals surface area contributed by atoms with Crippen molar-refractivity contribution < 1.29 is 9.53 Å². The van der Waals surface area contributed by atoms with Gasteiger partial charge in [0.1, 0.15) is 11.6 Å². The highest BCUT2D eigenvalue weighted by Gasteiger charge is 2.06. The minimum atomic E-state index is -0.312. The molecule has 2 aromatic carbocycles. The van der Waals surface area contributed by atoms with Gasteiger partial charge in [-0.25, -0.2) is 0 Å². The van der Waals surface area contributed by atoms with E-state index >= 15 is 0 Å². The lowest BCUT2D eigenvalue weighted by atomic mass is 10.1. The Hall–Kier alpha value is -3.12. The SMILES string of the molecule is O=C(COc1ccc(Cl)cc1)Nc1ccc(NCCCc2ccccc2)nn1. The van der Waals surface area contributed by atoms with E-state index in [0.717, 1.165) is 19.4 Å². The van der Waals surface area contributed by atoms with Crippen molar-refractivity contribution in [1.29, 1.82) is 0 Å². The molecule has 0 saturated carbocycles. The summed E-state index contributed by atoms with van der Waals surface area (Å²) in [5, 5.41) is 14.6. The molecule has 0 saturated heterocycles. The quantitative estimate of drug-likeness (QED) is 0.530. The first kappa shape index (κ1) is 19.6. The normalized spacial score (nSPS) is 10.3. The highest BCUT2D eigenvalue weighted by atomic mass is 35.5. The van der Waals surface area contributed by atoms with Crippen LogP contribution < -0.4 is 15.4 Å². The number of anilines is 2. The van der Waals surface area contributed by atoms with Gasteiger partial charge in [0.25, 0.3) is 5.91 Å². The largest absolute Gasteiger partial charge is 0.484 e. The Morgan fingerprint density at radius 1 is 0.929 bits per heavy atom. The van der Waals surface area contributed by atoms with E-state index in [0.29, 0.717) is 22.4 Å². The average Bonchev–Trinajstić information content (AvgIpc) is 2.73. The molecule has 7 heteroatoms. The van der Waals surface area contributed by atoms with Crippen LogP contribution in [0, 0.1) is 0 Å². The van der Waals surface area contributed by atoms with Crippen molar-refractivity contribution >= 4 is 29.1 Å². The minimum absolute atomic E-state index is 0.122. The maximum Gasteiger partial charge on any atom is 0.263 e. The van der Waals surface area contributed by atoms with Gasteiger partial charge in [-0.1, -0.05) is 41.9 Å². The summed E-state index contributed by atoms with van der Waals surface area (Å²) in [6.45, 7) is 0.674. The Balaban J connectivity index is 1.37. The van der Waals surface area contributed by atoms with Crippen LogP contribution in [0.25, 0.3) is 0 Å². The number of aryl methyl sites for hydroxylation is 1. The summed E-state index contributed by atoms with van der Waals surface area (Å²) in [7, 11) is 0. The van der Waals surface area contributed by atoms with E-state index in [2.05, 4.69) is 33.0 Å². The molecule has 0 unspecified atom stereocenters. The molecule has 0 bridgehead atoms. The first-order chi connectivity index (χ1) is 13.7. The number of amides is 1. The monoisotopic (exact) mass is 396 g/mol. The fourth-order valence-corrected chi connectivity index (χ4v) is 2.63. The molecule has 3 aromatic rings. The predicted octanol–water partition coefficient (Wildman–Crippen LogP) is 4.19. The van der Waals surface area contributed by atoms with E-state index in [1.54, 1.807) is 36.4 Å². The summed E-state index contributed by atoms with van der Waals surface area (Å²) < 4.78 is 5.39. The number of halogens is 1. The molecular weight excluding hydrogens is 376 g/mol. The van der Waals surface area contributed by atoms with Crippen LogP contribution in [0.4, 0.5) is 11.6 Å². The summed E-state index contributed by atoms with van der Waals surface area (Å²) in [5.74, 6) is 1.30. The first-order valence-electron chi connectivity index (χ1n) is 8.99. The number of carbonyl (C=O) groups excluding carboxylic acids is 1. The molecule has 1 amide bonds. The molecule has 0 fully saturated rings. The van der Waals surface area contributed by atoms with Crippen LogP contribution in [-0.4, -0.2) is 29.3 Å². The minimum Gasteiger partial charge on any atom is -0.484 e. The molecule has 3 rings (SSSR count). The van der Waals surface area contributed by atoms with E-state index in [4.69, 9.17) is 16.3 Å². The maximum atomic E-state index is 11.9. The molecule has 0 aliphatic rings. The molecule has 0 atom stereocenters. The summed E-state index contributed by atoms with van der Waals surface area (Å²) in [5.41, 5.74) is 1.31. The number of benzene rings is 2. The Morgan fingerprint density at radius 3 is 2.36 bits per heavy atom. The van der Waals surface area contributed by atoms with Crippen LogP contribution in [0.2, 0.25) is 5.02 Å². The molecule has 144 valence electrons. The van der Waals surface area contributed by atoms with Gasteiger partial charge in [0.05, 0.1) is 0 Å².